The molecule has 0 unspecified atom stereocenters. The lowest BCUT2D eigenvalue weighted by Gasteiger charge is -2.23. The Morgan fingerprint density at radius 3 is 2.59 bits per heavy atom. The molecular formula is C19H19ClF3N3O2S. The number of halogens is 4. The van der Waals surface area contributed by atoms with Gasteiger partial charge in [-0.2, -0.15) is 13.2 Å². The number of hydrogen-bond acceptors (Lipinski definition) is 4. The van der Waals surface area contributed by atoms with E-state index in [9.17, 15) is 21.6 Å². The number of alkyl halides is 3. The van der Waals surface area contributed by atoms with Crippen LogP contribution in [0.4, 0.5) is 19.0 Å². The van der Waals surface area contributed by atoms with Crippen LogP contribution in [0.5, 0.6) is 0 Å². The molecule has 3 atom stereocenters. The third-order valence-electron chi connectivity index (χ3n) is 5.62. The largest absolute Gasteiger partial charge is 0.433 e. The van der Waals surface area contributed by atoms with Crippen molar-refractivity contribution < 1.29 is 21.6 Å². The molecule has 2 heterocycles. The van der Waals surface area contributed by atoms with Crippen molar-refractivity contribution in [2.24, 2.45) is 11.8 Å². The number of aromatic nitrogens is 1. The summed E-state index contributed by atoms with van der Waals surface area (Å²) in [5.74, 6) is 0.490. The van der Waals surface area contributed by atoms with Crippen molar-refractivity contribution in [3.05, 3.63) is 53.2 Å². The fourth-order valence-corrected chi connectivity index (χ4v) is 5.88. The summed E-state index contributed by atoms with van der Waals surface area (Å²) in [4.78, 5) is 5.67. The molecule has 2 aromatic rings. The van der Waals surface area contributed by atoms with Crippen LogP contribution in [0.1, 0.15) is 18.5 Å². The number of pyridine rings is 1. The second-order valence-electron chi connectivity index (χ2n) is 7.47. The van der Waals surface area contributed by atoms with Crippen molar-refractivity contribution in [2.45, 2.75) is 30.0 Å². The average Bonchev–Trinajstić information content (AvgIpc) is 3.23. The minimum absolute atomic E-state index is 0.0142. The van der Waals surface area contributed by atoms with Gasteiger partial charge in [-0.15, -0.1) is 0 Å². The fraction of sp³-hybridized carbons (Fsp3) is 0.421. The molecule has 0 bridgehead atoms. The van der Waals surface area contributed by atoms with Crippen molar-refractivity contribution in [3.8, 4) is 0 Å². The van der Waals surface area contributed by atoms with Crippen LogP contribution in [0.3, 0.4) is 0 Å². The first-order valence-corrected chi connectivity index (χ1v) is 11.1. The highest BCUT2D eigenvalue weighted by atomic mass is 35.5. The van der Waals surface area contributed by atoms with Gasteiger partial charge in [-0.25, -0.2) is 18.1 Å². The maximum Gasteiger partial charge on any atom is 0.433 e. The number of nitrogens with one attached hydrogen (secondary N) is 1. The summed E-state index contributed by atoms with van der Waals surface area (Å²) >= 11 is 5.90. The van der Waals surface area contributed by atoms with E-state index in [-0.39, 0.29) is 28.6 Å². The highest BCUT2D eigenvalue weighted by Crippen LogP contribution is 2.40. The van der Waals surface area contributed by atoms with Gasteiger partial charge in [0.1, 0.15) is 11.5 Å². The van der Waals surface area contributed by atoms with Crippen LogP contribution in [-0.4, -0.2) is 32.5 Å². The molecule has 4 rings (SSSR count). The molecule has 5 nitrogen and oxygen atoms in total. The maximum atomic E-state index is 13.0. The molecule has 1 aliphatic heterocycles. The highest BCUT2D eigenvalue weighted by molar-refractivity contribution is 7.89. The lowest BCUT2D eigenvalue weighted by molar-refractivity contribution is -0.141. The Hall–Kier alpha value is -1.84. The molecule has 1 aromatic carbocycles. The predicted molar refractivity (Wildman–Crippen MR) is 103 cm³/mol. The molecule has 1 aromatic heterocycles. The summed E-state index contributed by atoms with van der Waals surface area (Å²) in [6.45, 7) is 1.02. The molecule has 29 heavy (non-hydrogen) atoms. The van der Waals surface area contributed by atoms with Gasteiger partial charge in [-0.3, -0.25) is 0 Å². The van der Waals surface area contributed by atoms with Gasteiger partial charge in [0, 0.05) is 24.2 Å². The van der Waals surface area contributed by atoms with Gasteiger partial charge >= 0.3 is 6.18 Å². The quantitative estimate of drug-likeness (QED) is 0.774. The van der Waals surface area contributed by atoms with Gasteiger partial charge in [-0.05, 0) is 55.0 Å². The number of hydrogen-bond donors (Lipinski definition) is 1. The first kappa shape index (κ1) is 20.4. The van der Waals surface area contributed by atoms with E-state index >= 15 is 0 Å². The number of benzene rings is 1. The topological polar surface area (TPSA) is 62.3 Å². The van der Waals surface area contributed by atoms with Crippen molar-refractivity contribution in [3.63, 3.8) is 0 Å². The van der Waals surface area contributed by atoms with Crippen LogP contribution in [0.25, 0.3) is 0 Å². The van der Waals surface area contributed by atoms with Crippen molar-refractivity contribution in [1.82, 2.24) is 9.71 Å². The van der Waals surface area contributed by atoms with E-state index in [1.54, 1.807) is 18.2 Å². The molecule has 2 aliphatic rings. The first-order valence-electron chi connectivity index (χ1n) is 9.20. The number of anilines is 1. The van der Waals surface area contributed by atoms with E-state index in [0.29, 0.717) is 24.5 Å². The summed E-state index contributed by atoms with van der Waals surface area (Å²) in [5, 5.41) is 0.333. The molecule has 2 fully saturated rings. The van der Waals surface area contributed by atoms with E-state index in [4.69, 9.17) is 11.6 Å². The predicted octanol–water partition coefficient (Wildman–Crippen LogP) is 3.95. The standard InChI is InChI=1S/C19H19ClF3N3O2S/c20-13-3-1-4-14(9-13)29(27,28)25-16-8-7-12-10-26(11-15(12)16)18-6-2-5-17(24-18)19(21,22)23/h1-6,9,12,15-16,25H,7-8,10-11H2/t12-,15+,16+/m1/s1. The zero-order valence-electron chi connectivity index (χ0n) is 15.2. The van der Waals surface area contributed by atoms with E-state index in [1.807, 2.05) is 4.90 Å². The molecule has 0 amide bonds. The monoisotopic (exact) mass is 445 g/mol. The number of nitrogens with zero attached hydrogens (tertiary/aromatic N) is 2. The lowest BCUT2D eigenvalue weighted by Crippen LogP contribution is -2.39. The molecule has 156 valence electrons. The van der Waals surface area contributed by atoms with Gasteiger partial charge in [0.25, 0.3) is 0 Å². The molecule has 1 aliphatic carbocycles. The van der Waals surface area contributed by atoms with Crippen LogP contribution in [0, 0.1) is 11.8 Å². The van der Waals surface area contributed by atoms with Crippen LogP contribution in [-0.2, 0) is 16.2 Å². The Kier molecular flexibility index (Phi) is 5.25. The lowest BCUT2D eigenvalue weighted by atomic mass is 9.98. The van der Waals surface area contributed by atoms with Crippen molar-refractivity contribution >= 4 is 27.4 Å². The van der Waals surface area contributed by atoms with Gasteiger partial charge < -0.3 is 4.90 Å². The second-order valence-corrected chi connectivity index (χ2v) is 9.62. The summed E-state index contributed by atoms with van der Waals surface area (Å²) < 4.78 is 67.1. The number of fused-ring (bicyclic) bond motifs is 1. The summed E-state index contributed by atoms with van der Waals surface area (Å²) in [6.07, 6.45) is -3.00. The smallest absolute Gasteiger partial charge is 0.356 e. The first-order chi connectivity index (χ1) is 13.6. The molecule has 1 saturated heterocycles. The Bertz CT molecular complexity index is 1020. The number of sulfonamides is 1. The van der Waals surface area contributed by atoms with Gasteiger partial charge in [0.15, 0.2) is 0 Å². The maximum absolute atomic E-state index is 13.0. The van der Waals surface area contributed by atoms with Crippen molar-refractivity contribution in [1.29, 1.82) is 0 Å². The zero-order chi connectivity index (χ0) is 20.8. The van der Waals surface area contributed by atoms with Gasteiger partial charge in [0.05, 0.1) is 4.90 Å². The Balaban J connectivity index is 1.49. The fourth-order valence-electron chi connectivity index (χ4n) is 4.26. The number of rotatable bonds is 4. The second kappa shape index (κ2) is 7.45. The minimum atomic E-state index is -4.50. The third kappa shape index (κ3) is 4.22. The molecule has 0 spiro atoms. The summed E-state index contributed by atoms with van der Waals surface area (Å²) in [5.41, 5.74) is -0.926. The summed E-state index contributed by atoms with van der Waals surface area (Å²) in [6, 6.07) is 9.62. The van der Waals surface area contributed by atoms with E-state index in [1.165, 1.54) is 18.2 Å². The SMILES string of the molecule is O=S(=O)(N[C@H]1CC[C@@H]2CN(c3cccc(C(F)(F)F)n3)C[C@@H]21)c1cccc(Cl)c1. The molecule has 10 heteroatoms. The van der Waals surface area contributed by atoms with E-state index in [0.717, 1.165) is 12.5 Å². The average molecular weight is 446 g/mol. The third-order valence-corrected chi connectivity index (χ3v) is 7.34. The molecule has 1 saturated carbocycles. The Morgan fingerprint density at radius 2 is 1.86 bits per heavy atom. The van der Waals surface area contributed by atoms with Gasteiger partial charge in [0.2, 0.25) is 10.0 Å². The van der Waals surface area contributed by atoms with Gasteiger partial charge in [-0.1, -0.05) is 23.7 Å². The van der Waals surface area contributed by atoms with Crippen molar-refractivity contribution in [2.75, 3.05) is 18.0 Å². The van der Waals surface area contributed by atoms with E-state index in [2.05, 4.69) is 9.71 Å². The van der Waals surface area contributed by atoms with E-state index < -0.39 is 21.9 Å². The highest BCUT2D eigenvalue weighted by Gasteiger charge is 2.44. The minimum Gasteiger partial charge on any atom is -0.356 e. The van der Waals surface area contributed by atoms with Crippen LogP contribution < -0.4 is 9.62 Å². The Labute approximate surface area is 171 Å². The van der Waals surface area contributed by atoms with Crippen LogP contribution in [0.2, 0.25) is 5.02 Å². The van der Waals surface area contributed by atoms with Crippen LogP contribution in [0.15, 0.2) is 47.4 Å². The molecule has 1 N–H and O–H groups in total. The normalized spacial score (nSPS) is 24.7. The molecular weight excluding hydrogens is 427 g/mol. The van der Waals surface area contributed by atoms with Crippen LogP contribution >= 0.6 is 11.6 Å². The zero-order valence-corrected chi connectivity index (χ0v) is 16.8. The summed E-state index contributed by atoms with van der Waals surface area (Å²) in [7, 11) is -3.73. The Morgan fingerprint density at radius 1 is 1.10 bits per heavy atom. The molecule has 0 radical (unpaired) electrons.